The molecule has 0 saturated carbocycles. The van der Waals surface area contributed by atoms with Crippen LogP contribution in [0.3, 0.4) is 0 Å². The van der Waals surface area contributed by atoms with E-state index in [2.05, 4.69) is 9.17 Å². The number of fused-ring (bicyclic) bond motifs is 8. The monoisotopic (exact) mass is 579 g/mol. The first-order valence-electron chi connectivity index (χ1n) is 12.9. The molecular weight excluding hydrogens is 555 g/mol. The highest BCUT2D eigenvalue weighted by Gasteiger charge is 2.48. The van der Waals surface area contributed by atoms with Gasteiger partial charge in [0.05, 0.1) is 18.7 Å². The van der Waals surface area contributed by atoms with E-state index in [4.69, 9.17) is 9.47 Å². The van der Waals surface area contributed by atoms with Gasteiger partial charge >= 0.3 is 15.6 Å². The number of rotatable bonds is 8. The fourth-order valence-electron chi connectivity index (χ4n) is 5.24. The second kappa shape index (κ2) is 10.7. The Hall–Kier alpha value is -4.15. The third kappa shape index (κ3) is 5.32. The van der Waals surface area contributed by atoms with E-state index < -0.39 is 15.6 Å². The lowest BCUT2D eigenvalue weighted by Gasteiger charge is -2.24. The van der Waals surface area contributed by atoms with Crippen LogP contribution in [0.25, 0.3) is 32.8 Å². The molecule has 1 aromatic heterocycles. The summed E-state index contributed by atoms with van der Waals surface area (Å²) < 4.78 is 77.8. The summed E-state index contributed by atoms with van der Waals surface area (Å²) in [6.07, 6.45) is 2.80. The quantitative estimate of drug-likeness (QED) is 0.0855. The van der Waals surface area contributed by atoms with Gasteiger partial charge in [0.15, 0.2) is 0 Å². The Labute approximate surface area is 234 Å². The van der Waals surface area contributed by atoms with Crippen LogP contribution >= 0.6 is 0 Å². The van der Waals surface area contributed by atoms with Crippen molar-refractivity contribution in [3.05, 3.63) is 102 Å². The molecular formula is C31H24F3NO5S. The number of ether oxygens (including phenoxy) is 2. The van der Waals surface area contributed by atoms with Crippen molar-refractivity contribution in [3.63, 3.8) is 0 Å². The first-order chi connectivity index (χ1) is 19.7. The molecule has 0 unspecified atom stereocenters. The molecule has 0 atom stereocenters. The van der Waals surface area contributed by atoms with Crippen molar-refractivity contribution < 1.29 is 35.2 Å². The zero-order chi connectivity index (χ0) is 28.6. The van der Waals surface area contributed by atoms with Gasteiger partial charge < -0.3 is 13.7 Å². The summed E-state index contributed by atoms with van der Waals surface area (Å²) in [7, 11) is -5.76. The van der Waals surface area contributed by atoms with E-state index in [1.54, 1.807) is 12.3 Å². The van der Waals surface area contributed by atoms with Crippen LogP contribution in [0.15, 0.2) is 85.1 Å². The highest BCUT2D eigenvalue weighted by atomic mass is 32.2. The van der Waals surface area contributed by atoms with Crippen molar-refractivity contribution in [3.8, 4) is 22.6 Å². The molecule has 0 spiro atoms. The molecule has 1 heterocycles. The summed E-state index contributed by atoms with van der Waals surface area (Å²) >= 11 is 0. The highest BCUT2D eigenvalue weighted by molar-refractivity contribution is 7.88. The van der Waals surface area contributed by atoms with Gasteiger partial charge in [0.25, 0.3) is 0 Å². The second-order valence-corrected chi connectivity index (χ2v) is 11.2. The van der Waals surface area contributed by atoms with Gasteiger partial charge in [-0.2, -0.15) is 21.6 Å². The molecule has 0 fully saturated rings. The third-order valence-corrected chi connectivity index (χ3v) is 8.01. The number of nitrogens with zero attached hydrogens (tertiary/aromatic N) is 1. The molecule has 10 heteroatoms. The van der Waals surface area contributed by atoms with E-state index in [1.165, 1.54) is 12.1 Å². The molecule has 41 heavy (non-hydrogen) atoms. The lowest BCUT2D eigenvalue weighted by molar-refractivity contribution is -0.0500. The minimum absolute atomic E-state index is 0.367. The molecule has 0 N–H and O–H groups in total. The fraction of sp³-hybridized carbons (Fsp3) is 0.194. The van der Waals surface area contributed by atoms with Gasteiger partial charge in [-0.15, -0.1) is 0 Å². The maximum Gasteiger partial charge on any atom is 0.534 e. The summed E-state index contributed by atoms with van der Waals surface area (Å²) in [4.78, 5) is 4.67. The molecule has 1 aliphatic rings. The topological polar surface area (TPSA) is 74.7 Å². The van der Waals surface area contributed by atoms with Gasteiger partial charge in [-0.3, -0.25) is 4.98 Å². The first kappa shape index (κ1) is 27.0. The molecule has 210 valence electrons. The Balaban J connectivity index is 1.32. The van der Waals surface area contributed by atoms with E-state index in [-0.39, 0.29) is 5.75 Å². The number of hydrogen-bond donors (Lipinski definition) is 0. The van der Waals surface area contributed by atoms with Crippen molar-refractivity contribution in [1.29, 1.82) is 0 Å². The highest BCUT2D eigenvalue weighted by Crippen LogP contribution is 2.45. The second-order valence-electron chi connectivity index (χ2n) is 9.65. The van der Waals surface area contributed by atoms with Crippen LogP contribution in [0.5, 0.6) is 11.5 Å². The van der Waals surface area contributed by atoms with Gasteiger partial charge in [0.2, 0.25) is 0 Å². The Morgan fingerprint density at radius 2 is 1.61 bits per heavy atom. The lowest BCUT2D eigenvalue weighted by Crippen LogP contribution is -2.28. The van der Waals surface area contributed by atoms with E-state index >= 15 is 0 Å². The lowest BCUT2D eigenvalue weighted by atomic mass is 9.81. The van der Waals surface area contributed by atoms with E-state index in [0.717, 1.165) is 43.9 Å². The van der Waals surface area contributed by atoms with Gasteiger partial charge in [-0.25, -0.2) is 0 Å². The number of aromatic nitrogens is 1. The predicted octanol–water partition coefficient (Wildman–Crippen LogP) is 6.98. The number of halogens is 3. The third-order valence-electron chi connectivity index (χ3n) is 7.03. The van der Waals surface area contributed by atoms with Crippen molar-refractivity contribution in [2.24, 2.45) is 0 Å². The maximum atomic E-state index is 12.9. The van der Waals surface area contributed by atoms with Crippen molar-refractivity contribution in [2.45, 2.75) is 25.0 Å². The number of hydrogen-bond acceptors (Lipinski definition) is 6. The predicted molar refractivity (Wildman–Crippen MR) is 149 cm³/mol. The molecule has 0 saturated heterocycles. The van der Waals surface area contributed by atoms with Crippen LogP contribution in [-0.2, 0) is 34.3 Å². The van der Waals surface area contributed by atoms with Gasteiger partial charge in [0, 0.05) is 11.6 Å². The minimum atomic E-state index is -5.76. The SMILES string of the molecule is O=S(=O)(Oc1ccc2c(c1)CCc1c-2c2ccc(OCCOCc3ccccc3)cc2c2cccnc12)C(F)(F)F. The smallest absolute Gasteiger partial charge is 0.491 e. The first-order valence-corrected chi connectivity index (χ1v) is 14.3. The number of alkyl halides is 3. The normalized spacial score (nSPS) is 13.1. The fourth-order valence-corrected chi connectivity index (χ4v) is 5.69. The maximum absolute atomic E-state index is 12.9. The van der Waals surface area contributed by atoms with E-state index in [9.17, 15) is 21.6 Å². The number of pyridine rings is 1. The largest absolute Gasteiger partial charge is 0.534 e. The van der Waals surface area contributed by atoms with Crippen LogP contribution in [0, 0.1) is 0 Å². The van der Waals surface area contributed by atoms with Crippen LogP contribution in [0.4, 0.5) is 13.2 Å². The zero-order valence-electron chi connectivity index (χ0n) is 21.6. The summed E-state index contributed by atoms with van der Waals surface area (Å²) in [5.74, 6) is 0.293. The molecule has 0 amide bonds. The molecule has 4 aromatic carbocycles. The minimum Gasteiger partial charge on any atom is -0.491 e. The van der Waals surface area contributed by atoms with Crippen molar-refractivity contribution >= 4 is 31.8 Å². The average molecular weight is 580 g/mol. The van der Waals surface area contributed by atoms with E-state index in [0.29, 0.717) is 44.0 Å². The molecule has 5 aromatic rings. The Morgan fingerprint density at radius 1 is 0.805 bits per heavy atom. The molecule has 6 rings (SSSR count). The molecule has 1 aliphatic carbocycles. The molecule has 6 nitrogen and oxygen atoms in total. The standard InChI is InChI=1S/C31H24F3NO5S/c32-31(33,34)41(36,37)40-23-10-12-24-21(17-23)8-11-27-29(24)25-13-9-22(18-28(25)26-7-4-14-35-30(26)27)39-16-15-38-19-20-5-2-1-3-6-20/h1-7,9-10,12-14,17-18H,8,11,15-16,19H2. The average Bonchev–Trinajstić information content (AvgIpc) is 2.96. The molecule has 0 radical (unpaired) electrons. The van der Waals surface area contributed by atoms with Crippen LogP contribution in [0.2, 0.25) is 0 Å². The Morgan fingerprint density at radius 3 is 2.41 bits per heavy atom. The Kier molecular flexibility index (Phi) is 7.04. The number of aryl methyl sites for hydroxylation is 2. The van der Waals surface area contributed by atoms with E-state index in [1.807, 2.05) is 60.7 Å². The summed E-state index contributed by atoms with van der Waals surface area (Å²) in [5.41, 5.74) is -0.157. The van der Waals surface area contributed by atoms with Crippen molar-refractivity contribution in [1.82, 2.24) is 4.98 Å². The molecule has 0 bridgehead atoms. The van der Waals surface area contributed by atoms with Crippen LogP contribution in [-0.4, -0.2) is 32.1 Å². The van der Waals surface area contributed by atoms with Gasteiger partial charge in [-0.1, -0.05) is 48.5 Å². The zero-order valence-corrected chi connectivity index (χ0v) is 22.5. The number of benzene rings is 4. The summed E-state index contributed by atoms with van der Waals surface area (Å²) in [5, 5.41) is 2.82. The van der Waals surface area contributed by atoms with Crippen LogP contribution < -0.4 is 8.92 Å². The van der Waals surface area contributed by atoms with Gasteiger partial charge in [0.1, 0.15) is 18.1 Å². The van der Waals surface area contributed by atoms with Gasteiger partial charge in [-0.05, 0) is 81.8 Å². The van der Waals surface area contributed by atoms with Crippen molar-refractivity contribution in [2.75, 3.05) is 13.2 Å². The van der Waals surface area contributed by atoms with Crippen LogP contribution in [0.1, 0.15) is 16.7 Å². The summed E-state index contributed by atoms with van der Waals surface area (Å²) in [6, 6.07) is 23.8. The Bertz CT molecular complexity index is 1860. The molecule has 0 aliphatic heterocycles. The summed E-state index contributed by atoms with van der Waals surface area (Å²) in [6.45, 7) is 1.28.